The molecule has 3 heterocycles. The fourth-order valence-corrected chi connectivity index (χ4v) is 5.25. The minimum atomic E-state index is -0.924. The van der Waals surface area contributed by atoms with Gasteiger partial charge in [-0.25, -0.2) is 13.2 Å². The van der Waals surface area contributed by atoms with E-state index in [1.54, 1.807) is 26.1 Å². The molecule has 3 aromatic heterocycles. The van der Waals surface area contributed by atoms with Crippen LogP contribution in [-0.2, 0) is 0 Å². The first-order chi connectivity index (χ1) is 18.5. The summed E-state index contributed by atoms with van der Waals surface area (Å²) in [5.74, 6) is -3.00. The number of halogens is 4. The molecule has 0 spiro atoms. The summed E-state index contributed by atoms with van der Waals surface area (Å²) in [4.78, 5) is 35.2. The van der Waals surface area contributed by atoms with E-state index in [0.717, 1.165) is 16.3 Å². The van der Waals surface area contributed by atoms with Gasteiger partial charge in [-0.1, -0.05) is 17.7 Å². The van der Waals surface area contributed by atoms with Crippen molar-refractivity contribution in [3.05, 3.63) is 110 Å². The number of amides is 1. The number of aryl methyl sites for hydroxylation is 2. The predicted molar refractivity (Wildman–Crippen MR) is 142 cm³/mol. The second-order valence-corrected chi connectivity index (χ2v) is 10.3. The quantitative estimate of drug-likeness (QED) is 0.307. The average molecular weight is 553 g/mol. The Morgan fingerprint density at radius 1 is 1.05 bits per heavy atom. The van der Waals surface area contributed by atoms with Gasteiger partial charge >= 0.3 is 0 Å². The molecule has 10 heteroatoms. The lowest BCUT2D eigenvalue weighted by atomic mass is 10.0. The number of nitrogens with zero attached hydrogens (tertiary/aromatic N) is 4. The number of benzene rings is 1. The minimum absolute atomic E-state index is 0.0357. The van der Waals surface area contributed by atoms with Gasteiger partial charge in [0.2, 0.25) is 0 Å². The minimum Gasteiger partial charge on any atom is -0.345 e. The molecule has 39 heavy (non-hydrogen) atoms. The fraction of sp³-hybridized carbons (Fsp3) is 0.241. The lowest BCUT2D eigenvalue weighted by Crippen LogP contribution is -2.25. The molecule has 1 aliphatic rings. The highest BCUT2D eigenvalue weighted by Gasteiger charge is 2.42. The molecule has 0 radical (unpaired) electrons. The molecular weight excluding hydrogens is 529 g/mol. The van der Waals surface area contributed by atoms with Crippen molar-refractivity contribution in [1.82, 2.24) is 19.4 Å². The van der Waals surface area contributed by atoms with Crippen molar-refractivity contribution in [1.29, 1.82) is 0 Å². The third-order valence-electron chi connectivity index (χ3n) is 7.00. The highest BCUT2D eigenvalue weighted by atomic mass is 35.5. The number of pyridine rings is 3. The number of aromatic nitrogens is 3. The van der Waals surface area contributed by atoms with Gasteiger partial charge in [-0.3, -0.25) is 24.1 Å². The summed E-state index contributed by atoms with van der Waals surface area (Å²) in [6.45, 7) is 3.23. The smallest absolute Gasteiger partial charge is 0.274 e. The topological polar surface area (TPSA) is 68.1 Å². The first-order valence-corrected chi connectivity index (χ1v) is 12.6. The van der Waals surface area contributed by atoms with Gasteiger partial charge in [-0.2, -0.15) is 0 Å². The summed E-state index contributed by atoms with van der Waals surface area (Å²) >= 11 is 6.55. The number of hydrogen-bond donors (Lipinski definition) is 0. The Balaban J connectivity index is 1.60. The average Bonchev–Trinajstić information content (AvgIpc) is 3.69. The Bertz CT molecular complexity index is 1700. The standard InChI is InChI=1S/C29H24ClF3N4O2/c1-14-11-35-26(18-6-5-7-19(24(18)32)28(38)36(3)4)25(33)27(14)37-15(2)8-22(23(30)29(37)39)21-10-20(21)16-9-17(31)13-34-12-16/h5-9,11-13,20-21H,10H2,1-4H3/t20?,21-/m1/s1. The maximum Gasteiger partial charge on any atom is 0.274 e. The zero-order valence-electron chi connectivity index (χ0n) is 21.6. The first-order valence-electron chi connectivity index (χ1n) is 12.2. The van der Waals surface area contributed by atoms with Crippen LogP contribution < -0.4 is 5.56 Å². The normalized spacial score (nSPS) is 16.3. The zero-order valence-corrected chi connectivity index (χ0v) is 22.4. The number of rotatable bonds is 5. The number of carbonyl (C=O) groups is 1. The van der Waals surface area contributed by atoms with Crippen molar-refractivity contribution in [3.63, 3.8) is 0 Å². The lowest BCUT2D eigenvalue weighted by molar-refractivity contribution is 0.0823. The molecule has 2 atom stereocenters. The fourth-order valence-electron chi connectivity index (χ4n) is 4.97. The zero-order chi connectivity index (χ0) is 28.2. The van der Waals surface area contributed by atoms with E-state index in [1.807, 2.05) is 0 Å². The molecule has 200 valence electrons. The van der Waals surface area contributed by atoms with E-state index in [4.69, 9.17) is 11.6 Å². The van der Waals surface area contributed by atoms with Crippen LogP contribution in [0.5, 0.6) is 0 Å². The van der Waals surface area contributed by atoms with Gasteiger partial charge in [-0.15, -0.1) is 0 Å². The number of hydrogen-bond acceptors (Lipinski definition) is 4. The lowest BCUT2D eigenvalue weighted by Gasteiger charge is -2.18. The van der Waals surface area contributed by atoms with Crippen LogP contribution in [0.3, 0.4) is 0 Å². The second kappa shape index (κ2) is 9.96. The Morgan fingerprint density at radius 3 is 2.49 bits per heavy atom. The summed E-state index contributed by atoms with van der Waals surface area (Å²) in [5, 5.41) is -0.0700. The van der Waals surface area contributed by atoms with Crippen molar-refractivity contribution in [2.75, 3.05) is 14.1 Å². The van der Waals surface area contributed by atoms with Crippen LogP contribution in [0, 0.1) is 31.3 Å². The van der Waals surface area contributed by atoms with E-state index in [1.165, 1.54) is 49.5 Å². The van der Waals surface area contributed by atoms with Crippen LogP contribution in [0.2, 0.25) is 5.02 Å². The summed E-state index contributed by atoms with van der Waals surface area (Å²) < 4.78 is 46.3. The monoisotopic (exact) mass is 552 g/mol. The van der Waals surface area contributed by atoms with E-state index < -0.39 is 28.9 Å². The van der Waals surface area contributed by atoms with Crippen LogP contribution in [0.1, 0.15) is 51.0 Å². The van der Waals surface area contributed by atoms with Crippen molar-refractivity contribution in [2.24, 2.45) is 0 Å². The molecule has 6 nitrogen and oxygen atoms in total. The highest BCUT2D eigenvalue weighted by molar-refractivity contribution is 6.31. The Hall–Kier alpha value is -3.98. The third kappa shape index (κ3) is 4.61. The summed E-state index contributed by atoms with van der Waals surface area (Å²) in [5.41, 5.74) is 0.544. The van der Waals surface area contributed by atoms with Gasteiger partial charge in [0.1, 0.15) is 22.4 Å². The predicted octanol–water partition coefficient (Wildman–Crippen LogP) is 5.95. The van der Waals surface area contributed by atoms with Crippen LogP contribution in [-0.4, -0.2) is 39.4 Å². The van der Waals surface area contributed by atoms with E-state index in [0.29, 0.717) is 23.2 Å². The molecule has 0 aliphatic heterocycles. The van der Waals surface area contributed by atoms with Crippen molar-refractivity contribution < 1.29 is 18.0 Å². The van der Waals surface area contributed by atoms with Gasteiger partial charge in [0, 0.05) is 37.7 Å². The Labute approximate surface area is 227 Å². The molecule has 1 saturated carbocycles. The molecular formula is C29H24ClF3N4O2. The molecule has 0 saturated heterocycles. The molecule has 1 aliphatic carbocycles. The largest absolute Gasteiger partial charge is 0.345 e. The molecule has 4 aromatic rings. The van der Waals surface area contributed by atoms with Crippen molar-refractivity contribution >= 4 is 17.5 Å². The molecule has 1 unspecified atom stereocenters. The first kappa shape index (κ1) is 26.6. The molecule has 1 amide bonds. The maximum atomic E-state index is 16.1. The van der Waals surface area contributed by atoms with Gasteiger partial charge in [0.15, 0.2) is 5.82 Å². The van der Waals surface area contributed by atoms with Crippen LogP contribution in [0.15, 0.2) is 53.7 Å². The van der Waals surface area contributed by atoms with Crippen molar-refractivity contribution in [3.8, 4) is 16.9 Å². The van der Waals surface area contributed by atoms with E-state index >= 15 is 8.78 Å². The molecule has 1 aromatic carbocycles. The summed E-state index contributed by atoms with van der Waals surface area (Å²) in [6.07, 6.45) is 4.73. The van der Waals surface area contributed by atoms with Gasteiger partial charge < -0.3 is 4.90 Å². The Kier molecular flexibility index (Phi) is 6.80. The third-order valence-corrected chi connectivity index (χ3v) is 7.38. The highest BCUT2D eigenvalue weighted by Crippen LogP contribution is 2.55. The van der Waals surface area contributed by atoms with Crippen molar-refractivity contribution in [2.45, 2.75) is 32.1 Å². The molecule has 5 rings (SSSR count). The van der Waals surface area contributed by atoms with E-state index in [9.17, 15) is 14.0 Å². The number of carbonyl (C=O) groups excluding carboxylic acids is 1. The van der Waals surface area contributed by atoms with Gasteiger partial charge in [0.05, 0.1) is 17.4 Å². The molecule has 1 fully saturated rings. The van der Waals surface area contributed by atoms with E-state index in [2.05, 4.69) is 9.97 Å². The van der Waals surface area contributed by atoms with Crippen LogP contribution in [0.25, 0.3) is 16.9 Å². The van der Waals surface area contributed by atoms with Crippen LogP contribution in [0.4, 0.5) is 13.2 Å². The molecule has 0 N–H and O–H groups in total. The van der Waals surface area contributed by atoms with Crippen LogP contribution >= 0.6 is 11.6 Å². The molecule has 0 bridgehead atoms. The Morgan fingerprint density at radius 2 is 1.79 bits per heavy atom. The maximum absolute atomic E-state index is 16.1. The van der Waals surface area contributed by atoms with E-state index in [-0.39, 0.29) is 39.4 Å². The second-order valence-electron chi connectivity index (χ2n) is 9.90. The summed E-state index contributed by atoms with van der Waals surface area (Å²) in [7, 11) is 2.97. The van der Waals surface area contributed by atoms with Gasteiger partial charge in [0.25, 0.3) is 11.5 Å². The SMILES string of the molecule is Cc1cnc(-c2cccc(C(=O)N(C)C)c2F)c(F)c1-n1c(C)cc([C@@H]2CC2c2cncc(F)c2)c(Cl)c1=O. The summed E-state index contributed by atoms with van der Waals surface area (Å²) in [6, 6.07) is 7.21. The van der Waals surface area contributed by atoms with Gasteiger partial charge in [-0.05, 0) is 73.1 Å².